The third kappa shape index (κ3) is 4.21. The molecule has 2 aliphatic rings. The van der Waals surface area contributed by atoms with Gasteiger partial charge in [0.1, 0.15) is 11.6 Å². The fourth-order valence-electron chi connectivity index (χ4n) is 4.09. The fraction of sp³-hybridized carbons (Fsp3) is 0.571. The molecule has 0 amide bonds. The number of nitrogens with zero attached hydrogens (tertiary/aromatic N) is 4. The molecular weight excluding hydrogens is 371 g/mol. The van der Waals surface area contributed by atoms with Crippen molar-refractivity contribution in [1.29, 1.82) is 0 Å². The highest BCUT2D eigenvalue weighted by Crippen LogP contribution is 2.48. The second kappa shape index (κ2) is 8.39. The molecule has 1 aliphatic heterocycles. The molecule has 1 aromatic carbocycles. The van der Waals surface area contributed by atoms with E-state index >= 15 is 0 Å². The summed E-state index contributed by atoms with van der Waals surface area (Å²) >= 11 is 0. The first-order valence-electron chi connectivity index (χ1n) is 10.5. The first kappa shape index (κ1) is 19.7. The highest BCUT2D eigenvalue weighted by atomic mass is 19.1. The van der Waals surface area contributed by atoms with Gasteiger partial charge in [-0.05, 0) is 43.7 Å². The van der Waals surface area contributed by atoms with Gasteiger partial charge in [-0.25, -0.2) is 13.9 Å². The number of benzene rings is 1. The molecular formula is C21H29FN6O. The number of fused-ring (bicyclic) bond motifs is 1. The molecule has 8 heteroatoms. The predicted octanol–water partition coefficient (Wildman–Crippen LogP) is 1.81. The number of aliphatic imine (C=N–C) groups is 1. The Balaban J connectivity index is 1.25. The van der Waals surface area contributed by atoms with Gasteiger partial charge in [0, 0.05) is 45.1 Å². The molecule has 1 saturated carbocycles. The minimum atomic E-state index is -0.136. The molecule has 29 heavy (non-hydrogen) atoms. The van der Waals surface area contributed by atoms with Crippen molar-refractivity contribution in [2.75, 3.05) is 20.1 Å². The van der Waals surface area contributed by atoms with Gasteiger partial charge in [-0.15, -0.1) is 0 Å². The summed E-state index contributed by atoms with van der Waals surface area (Å²) in [6, 6.07) is 7.02. The van der Waals surface area contributed by atoms with Crippen molar-refractivity contribution in [3.63, 3.8) is 0 Å². The molecule has 0 spiro atoms. The van der Waals surface area contributed by atoms with Gasteiger partial charge in [-0.1, -0.05) is 18.2 Å². The van der Waals surface area contributed by atoms with Crippen LogP contribution in [0, 0.1) is 5.82 Å². The third-order valence-electron chi connectivity index (χ3n) is 5.99. The number of nitrogens with one attached hydrogen (secondary N) is 2. The first-order valence-corrected chi connectivity index (χ1v) is 10.5. The standard InChI is InChI=1S/C21H29FN6O/c1-23-19(25-15-21(10-11-21)16-7-2-3-8-17(16)22)24-12-6-14-28-20(29)27-13-5-4-9-18(27)26-28/h2-3,7-8H,4-6,9-15H2,1H3,(H2,23,24,25). The summed E-state index contributed by atoms with van der Waals surface area (Å²) in [4.78, 5) is 16.6. The second-order valence-electron chi connectivity index (χ2n) is 8.00. The highest BCUT2D eigenvalue weighted by Gasteiger charge is 2.45. The Morgan fingerprint density at radius 2 is 2.10 bits per heavy atom. The zero-order chi connectivity index (χ0) is 20.3. The van der Waals surface area contributed by atoms with Crippen molar-refractivity contribution in [3.8, 4) is 0 Å². The van der Waals surface area contributed by atoms with E-state index in [0.717, 1.165) is 56.5 Å². The number of aryl methyl sites for hydroxylation is 2. The van der Waals surface area contributed by atoms with E-state index in [-0.39, 0.29) is 16.9 Å². The van der Waals surface area contributed by atoms with E-state index in [2.05, 4.69) is 20.7 Å². The number of aromatic nitrogens is 3. The lowest BCUT2D eigenvalue weighted by molar-refractivity contribution is 0.509. The van der Waals surface area contributed by atoms with Crippen LogP contribution in [0.25, 0.3) is 0 Å². The molecule has 0 bridgehead atoms. The number of hydrogen-bond acceptors (Lipinski definition) is 3. The largest absolute Gasteiger partial charge is 0.356 e. The minimum Gasteiger partial charge on any atom is -0.356 e. The number of halogens is 1. The Morgan fingerprint density at radius 3 is 2.83 bits per heavy atom. The Hall–Kier alpha value is -2.64. The van der Waals surface area contributed by atoms with Crippen LogP contribution in [0.1, 0.15) is 43.5 Å². The van der Waals surface area contributed by atoms with Crippen LogP contribution < -0.4 is 16.3 Å². The Bertz CT molecular complexity index is 943. The van der Waals surface area contributed by atoms with Gasteiger partial charge in [0.2, 0.25) is 0 Å². The Labute approximate surface area is 170 Å². The van der Waals surface area contributed by atoms with Crippen LogP contribution in [0.5, 0.6) is 0 Å². The van der Waals surface area contributed by atoms with E-state index in [1.807, 2.05) is 12.1 Å². The topological polar surface area (TPSA) is 76.2 Å². The summed E-state index contributed by atoms with van der Waals surface area (Å²) in [5, 5.41) is 11.1. The molecule has 0 unspecified atom stereocenters. The summed E-state index contributed by atoms with van der Waals surface area (Å²) in [5.41, 5.74) is 0.653. The lowest BCUT2D eigenvalue weighted by Gasteiger charge is -2.19. The molecule has 1 aromatic heterocycles. The van der Waals surface area contributed by atoms with Crippen molar-refractivity contribution >= 4 is 5.96 Å². The summed E-state index contributed by atoms with van der Waals surface area (Å²) in [5.74, 6) is 1.47. The summed E-state index contributed by atoms with van der Waals surface area (Å²) in [7, 11) is 1.73. The van der Waals surface area contributed by atoms with Crippen molar-refractivity contribution in [1.82, 2.24) is 25.0 Å². The third-order valence-corrected chi connectivity index (χ3v) is 5.99. The van der Waals surface area contributed by atoms with Crippen LogP contribution in [0.4, 0.5) is 4.39 Å². The molecule has 4 rings (SSSR count). The fourth-order valence-corrected chi connectivity index (χ4v) is 4.09. The number of guanidine groups is 1. The van der Waals surface area contributed by atoms with E-state index in [1.165, 1.54) is 6.07 Å². The van der Waals surface area contributed by atoms with E-state index in [1.54, 1.807) is 22.4 Å². The van der Waals surface area contributed by atoms with Crippen LogP contribution in [-0.4, -0.2) is 40.4 Å². The van der Waals surface area contributed by atoms with E-state index in [9.17, 15) is 9.18 Å². The van der Waals surface area contributed by atoms with Crippen LogP contribution in [0.2, 0.25) is 0 Å². The molecule has 0 radical (unpaired) electrons. The second-order valence-corrected chi connectivity index (χ2v) is 8.00. The van der Waals surface area contributed by atoms with Crippen molar-refractivity contribution in [2.45, 2.75) is 57.0 Å². The zero-order valence-corrected chi connectivity index (χ0v) is 17.0. The first-order chi connectivity index (χ1) is 14.1. The van der Waals surface area contributed by atoms with Crippen LogP contribution in [0.3, 0.4) is 0 Å². The van der Waals surface area contributed by atoms with Crippen molar-refractivity contribution < 1.29 is 4.39 Å². The Kier molecular flexibility index (Phi) is 5.69. The molecule has 2 heterocycles. The molecule has 1 fully saturated rings. The summed E-state index contributed by atoms with van der Waals surface area (Å²) < 4.78 is 17.5. The minimum absolute atomic E-state index is 0.00256. The normalized spacial score (nSPS) is 17.7. The molecule has 0 atom stereocenters. The molecule has 2 aromatic rings. The van der Waals surface area contributed by atoms with Gasteiger partial charge in [0.05, 0.1) is 0 Å². The lowest BCUT2D eigenvalue weighted by Crippen LogP contribution is -2.42. The van der Waals surface area contributed by atoms with E-state index in [0.29, 0.717) is 25.6 Å². The van der Waals surface area contributed by atoms with Gasteiger partial charge in [0.15, 0.2) is 5.96 Å². The molecule has 0 saturated heterocycles. The van der Waals surface area contributed by atoms with Crippen molar-refractivity contribution in [2.24, 2.45) is 4.99 Å². The van der Waals surface area contributed by atoms with E-state index < -0.39 is 0 Å². The molecule has 156 valence electrons. The van der Waals surface area contributed by atoms with E-state index in [4.69, 9.17) is 0 Å². The predicted molar refractivity (Wildman–Crippen MR) is 111 cm³/mol. The number of rotatable bonds is 7. The smallest absolute Gasteiger partial charge is 0.345 e. The molecule has 2 N–H and O–H groups in total. The maximum atomic E-state index is 14.2. The quantitative estimate of drug-likeness (QED) is 0.422. The van der Waals surface area contributed by atoms with Gasteiger partial charge < -0.3 is 10.6 Å². The van der Waals surface area contributed by atoms with Gasteiger partial charge in [0.25, 0.3) is 0 Å². The average molecular weight is 401 g/mol. The highest BCUT2D eigenvalue weighted by molar-refractivity contribution is 5.79. The van der Waals surface area contributed by atoms with Crippen LogP contribution >= 0.6 is 0 Å². The van der Waals surface area contributed by atoms with Gasteiger partial charge in [-0.3, -0.25) is 9.56 Å². The summed E-state index contributed by atoms with van der Waals surface area (Å²) in [6.07, 6.45) is 5.78. The monoisotopic (exact) mass is 400 g/mol. The molecule has 7 nitrogen and oxygen atoms in total. The van der Waals surface area contributed by atoms with Gasteiger partial charge in [-0.2, -0.15) is 5.10 Å². The number of hydrogen-bond donors (Lipinski definition) is 2. The van der Waals surface area contributed by atoms with Crippen LogP contribution in [-0.2, 0) is 24.9 Å². The lowest BCUT2D eigenvalue weighted by atomic mass is 9.95. The maximum absolute atomic E-state index is 14.2. The maximum Gasteiger partial charge on any atom is 0.345 e. The zero-order valence-electron chi connectivity index (χ0n) is 17.0. The molecule has 1 aliphatic carbocycles. The van der Waals surface area contributed by atoms with Gasteiger partial charge >= 0.3 is 5.69 Å². The Morgan fingerprint density at radius 1 is 1.28 bits per heavy atom. The summed E-state index contributed by atoms with van der Waals surface area (Å²) in [6.45, 7) is 2.70. The SMILES string of the molecule is CN=C(NCCCn1nc2n(c1=O)CCCC2)NCC1(c2ccccc2F)CC1. The van der Waals surface area contributed by atoms with Crippen LogP contribution in [0.15, 0.2) is 34.1 Å². The van der Waals surface area contributed by atoms with Crippen molar-refractivity contribution in [3.05, 3.63) is 52.0 Å². The average Bonchev–Trinajstić information content (AvgIpc) is 3.46.